The number of amides is 1. The Hall–Kier alpha value is -1.71. The van der Waals surface area contributed by atoms with Gasteiger partial charge in [-0.05, 0) is 13.0 Å². The molecule has 0 aromatic carbocycles. The van der Waals surface area contributed by atoms with Gasteiger partial charge in [-0.15, -0.1) is 11.3 Å². The van der Waals surface area contributed by atoms with Crippen LogP contribution in [0.5, 0.6) is 0 Å². The average Bonchev–Trinajstić information content (AvgIpc) is 2.92. The number of hydrogen-bond donors (Lipinski definition) is 3. The zero-order valence-corrected chi connectivity index (χ0v) is 12.4. The maximum absolute atomic E-state index is 11.9. The fourth-order valence-electron chi connectivity index (χ4n) is 2.02. The molecular formula is C12H19N5O3S. The Morgan fingerprint density at radius 1 is 1.57 bits per heavy atom. The van der Waals surface area contributed by atoms with Gasteiger partial charge in [-0.25, -0.2) is 4.98 Å². The number of anilines is 1. The summed E-state index contributed by atoms with van der Waals surface area (Å²) < 4.78 is 5.27. The van der Waals surface area contributed by atoms with Gasteiger partial charge in [0.2, 0.25) is 0 Å². The molecule has 1 amide bonds. The van der Waals surface area contributed by atoms with E-state index in [1.807, 2.05) is 0 Å². The molecule has 9 heteroatoms. The largest absolute Gasteiger partial charge is 0.410 e. The maximum Gasteiger partial charge on any atom is 0.275 e. The molecule has 2 rings (SSSR count). The Bertz CT molecular complexity index is 499. The van der Waals surface area contributed by atoms with Gasteiger partial charge in [0.1, 0.15) is 5.69 Å². The molecule has 0 unspecified atom stereocenters. The SMILES string of the molecule is Nc1nc(/C(=N/O)C(=O)NCCCN2CCOCC2)cs1. The van der Waals surface area contributed by atoms with Crippen LogP contribution in [0.2, 0.25) is 0 Å². The summed E-state index contributed by atoms with van der Waals surface area (Å²) >= 11 is 1.19. The number of morpholine rings is 1. The second kappa shape index (κ2) is 7.91. The third-order valence-electron chi connectivity index (χ3n) is 3.12. The van der Waals surface area contributed by atoms with Crippen LogP contribution in [0.1, 0.15) is 12.1 Å². The van der Waals surface area contributed by atoms with Gasteiger partial charge >= 0.3 is 0 Å². The highest BCUT2D eigenvalue weighted by Crippen LogP contribution is 2.12. The number of nitrogen functional groups attached to an aromatic ring is 1. The van der Waals surface area contributed by atoms with Gasteiger partial charge in [-0.3, -0.25) is 9.69 Å². The van der Waals surface area contributed by atoms with E-state index in [2.05, 4.69) is 20.4 Å². The number of oxime groups is 1. The molecule has 1 saturated heterocycles. The van der Waals surface area contributed by atoms with Gasteiger partial charge in [-0.1, -0.05) is 5.16 Å². The first-order chi connectivity index (χ1) is 10.2. The third-order valence-corrected chi connectivity index (χ3v) is 3.79. The van der Waals surface area contributed by atoms with E-state index in [4.69, 9.17) is 15.7 Å². The quantitative estimate of drug-likeness (QED) is 0.289. The molecule has 0 spiro atoms. The highest BCUT2D eigenvalue weighted by atomic mass is 32.1. The van der Waals surface area contributed by atoms with E-state index < -0.39 is 5.91 Å². The number of ether oxygens (including phenoxy) is 1. The Balaban J connectivity index is 1.73. The van der Waals surface area contributed by atoms with Crippen LogP contribution in [-0.2, 0) is 9.53 Å². The molecule has 2 heterocycles. The van der Waals surface area contributed by atoms with E-state index in [0.29, 0.717) is 11.7 Å². The molecular weight excluding hydrogens is 294 g/mol. The predicted octanol–water partition coefficient (Wildman–Crippen LogP) is -0.258. The molecule has 0 saturated carbocycles. The highest BCUT2D eigenvalue weighted by Gasteiger charge is 2.17. The Morgan fingerprint density at radius 2 is 2.33 bits per heavy atom. The lowest BCUT2D eigenvalue weighted by molar-refractivity contribution is -0.114. The van der Waals surface area contributed by atoms with Crippen molar-refractivity contribution in [3.63, 3.8) is 0 Å². The minimum absolute atomic E-state index is 0.116. The summed E-state index contributed by atoms with van der Waals surface area (Å²) in [5.74, 6) is -0.454. The van der Waals surface area contributed by atoms with E-state index in [1.165, 1.54) is 11.3 Å². The van der Waals surface area contributed by atoms with Crippen molar-refractivity contribution in [2.45, 2.75) is 6.42 Å². The molecule has 0 atom stereocenters. The summed E-state index contributed by atoms with van der Waals surface area (Å²) in [5.41, 5.74) is 5.67. The summed E-state index contributed by atoms with van der Waals surface area (Å²) in [6.45, 7) is 4.79. The van der Waals surface area contributed by atoms with E-state index in [9.17, 15) is 4.79 Å². The van der Waals surface area contributed by atoms with Gasteiger partial charge in [0, 0.05) is 25.0 Å². The van der Waals surface area contributed by atoms with Crippen LogP contribution in [-0.4, -0.2) is 66.1 Å². The second-order valence-corrected chi connectivity index (χ2v) is 5.47. The second-order valence-electron chi connectivity index (χ2n) is 4.58. The van der Waals surface area contributed by atoms with Crippen LogP contribution in [0, 0.1) is 0 Å². The summed E-state index contributed by atoms with van der Waals surface area (Å²) in [7, 11) is 0. The average molecular weight is 313 g/mol. The number of nitrogens with zero attached hydrogens (tertiary/aromatic N) is 3. The molecule has 8 nitrogen and oxygen atoms in total. The fourth-order valence-corrected chi connectivity index (χ4v) is 2.57. The van der Waals surface area contributed by atoms with Crippen LogP contribution in [0.4, 0.5) is 5.13 Å². The summed E-state index contributed by atoms with van der Waals surface area (Å²) in [6.07, 6.45) is 0.823. The normalized spacial score (nSPS) is 16.9. The Kier molecular flexibility index (Phi) is 5.90. The van der Waals surface area contributed by atoms with E-state index in [1.54, 1.807) is 5.38 Å². The monoisotopic (exact) mass is 313 g/mol. The van der Waals surface area contributed by atoms with Crippen molar-refractivity contribution in [2.75, 3.05) is 45.1 Å². The predicted molar refractivity (Wildman–Crippen MR) is 79.7 cm³/mol. The van der Waals surface area contributed by atoms with Gasteiger partial charge in [0.15, 0.2) is 10.8 Å². The molecule has 1 fully saturated rings. The van der Waals surface area contributed by atoms with Crippen molar-refractivity contribution in [3.8, 4) is 0 Å². The number of nitrogens with one attached hydrogen (secondary N) is 1. The van der Waals surface area contributed by atoms with Gasteiger partial charge in [-0.2, -0.15) is 0 Å². The molecule has 1 aliphatic rings. The number of aromatic nitrogens is 1. The van der Waals surface area contributed by atoms with Crippen LogP contribution in [0.3, 0.4) is 0 Å². The molecule has 4 N–H and O–H groups in total. The number of rotatable bonds is 6. The topological polar surface area (TPSA) is 113 Å². The lowest BCUT2D eigenvalue weighted by atomic mass is 10.2. The zero-order valence-electron chi connectivity index (χ0n) is 11.6. The lowest BCUT2D eigenvalue weighted by Crippen LogP contribution is -2.39. The van der Waals surface area contributed by atoms with E-state index in [0.717, 1.165) is 39.3 Å². The van der Waals surface area contributed by atoms with Crippen molar-refractivity contribution >= 4 is 28.1 Å². The Morgan fingerprint density at radius 3 is 2.95 bits per heavy atom. The molecule has 116 valence electrons. The van der Waals surface area contributed by atoms with Gasteiger partial charge in [0.25, 0.3) is 5.91 Å². The standard InChI is InChI=1S/C12H19N5O3S/c13-12-15-9(8-21-12)10(16-19)11(18)14-2-1-3-17-4-6-20-7-5-17/h8,19H,1-7H2,(H2,13,15)(H,14,18)/b16-10-. The maximum atomic E-state index is 11.9. The number of hydrogen-bond acceptors (Lipinski definition) is 8. The minimum atomic E-state index is -0.454. The van der Waals surface area contributed by atoms with E-state index in [-0.39, 0.29) is 11.4 Å². The lowest BCUT2D eigenvalue weighted by Gasteiger charge is -2.26. The molecule has 1 aromatic heterocycles. The van der Waals surface area contributed by atoms with Crippen molar-refractivity contribution in [1.82, 2.24) is 15.2 Å². The molecule has 0 aliphatic carbocycles. The molecule has 0 radical (unpaired) electrons. The number of thiazole rings is 1. The summed E-state index contributed by atoms with van der Waals surface area (Å²) in [4.78, 5) is 18.1. The van der Waals surface area contributed by atoms with Crippen molar-refractivity contribution in [2.24, 2.45) is 5.16 Å². The first kappa shape index (κ1) is 15.7. The van der Waals surface area contributed by atoms with Crippen molar-refractivity contribution < 1.29 is 14.7 Å². The van der Waals surface area contributed by atoms with Crippen molar-refractivity contribution in [3.05, 3.63) is 11.1 Å². The van der Waals surface area contributed by atoms with Crippen molar-refractivity contribution in [1.29, 1.82) is 0 Å². The number of nitrogens with two attached hydrogens (primary N) is 1. The van der Waals surface area contributed by atoms with Crippen LogP contribution in [0.25, 0.3) is 0 Å². The van der Waals surface area contributed by atoms with E-state index >= 15 is 0 Å². The molecule has 1 aromatic rings. The third kappa shape index (κ3) is 4.66. The first-order valence-electron chi connectivity index (χ1n) is 6.72. The fraction of sp³-hybridized carbons (Fsp3) is 0.583. The molecule has 21 heavy (non-hydrogen) atoms. The Labute approximate surface area is 126 Å². The van der Waals surface area contributed by atoms with Crippen LogP contribution >= 0.6 is 11.3 Å². The first-order valence-corrected chi connectivity index (χ1v) is 7.60. The van der Waals surface area contributed by atoms with Gasteiger partial charge < -0.3 is 21.0 Å². The highest BCUT2D eigenvalue weighted by molar-refractivity contribution is 7.13. The van der Waals surface area contributed by atoms with Crippen LogP contribution < -0.4 is 11.1 Å². The summed E-state index contributed by atoms with van der Waals surface area (Å²) in [6, 6.07) is 0. The zero-order chi connectivity index (χ0) is 15.1. The molecule has 0 bridgehead atoms. The molecule has 1 aliphatic heterocycles. The minimum Gasteiger partial charge on any atom is -0.410 e. The number of carbonyl (C=O) groups excluding carboxylic acids is 1. The smallest absolute Gasteiger partial charge is 0.275 e. The number of carbonyl (C=O) groups is 1. The van der Waals surface area contributed by atoms with Gasteiger partial charge in [0.05, 0.1) is 13.2 Å². The van der Waals surface area contributed by atoms with Crippen LogP contribution in [0.15, 0.2) is 10.5 Å². The summed E-state index contributed by atoms with van der Waals surface area (Å²) in [5, 5.41) is 16.6.